The van der Waals surface area contributed by atoms with Crippen molar-refractivity contribution in [3.8, 4) is 5.75 Å². The number of rotatable bonds is 5. The van der Waals surface area contributed by atoms with E-state index < -0.39 is 17.2 Å². The molecule has 4 aromatic rings. The van der Waals surface area contributed by atoms with Gasteiger partial charge in [0, 0.05) is 11.9 Å². The van der Waals surface area contributed by atoms with Crippen molar-refractivity contribution < 1.29 is 9.53 Å². The molecule has 2 aromatic carbocycles. The number of H-pyrrole nitrogens is 2. The maximum Gasteiger partial charge on any atom is 0.327 e. The molecule has 0 atom stereocenters. The number of ether oxygens (including phenoxy) is 1. The van der Waals surface area contributed by atoms with Crippen molar-refractivity contribution in [2.45, 2.75) is 6.61 Å². The van der Waals surface area contributed by atoms with Gasteiger partial charge in [-0.1, -0.05) is 30.3 Å². The van der Waals surface area contributed by atoms with Crippen LogP contribution in [0.5, 0.6) is 5.75 Å². The monoisotopic (exact) mass is 388 g/mol. The van der Waals surface area contributed by atoms with E-state index in [2.05, 4.69) is 20.3 Å². The summed E-state index contributed by atoms with van der Waals surface area (Å²) in [5.74, 6) is 0.248. The van der Waals surface area contributed by atoms with Crippen LogP contribution < -0.4 is 21.3 Å². The summed E-state index contributed by atoms with van der Waals surface area (Å²) >= 11 is 0. The van der Waals surface area contributed by atoms with Crippen molar-refractivity contribution in [2.24, 2.45) is 0 Å². The van der Waals surface area contributed by atoms with Crippen molar-refractivity contribution >= 4 is 22.6 Å². The van der Waals surface area contributed by atoms with Crippen LogP contribution >= 0.6 is 0 Å². The molecular formula is C21H16N4O4. The molecule has 29 heavy (non-hydrogen) atoms. The molecule has 0 aliphatic rings. The van der Waals surface area contributed by atoms with E-state index in [1.165, 1.54) is 12.3 Å². The predicted octanol–water partition coefficient (Wildman–Crippen LogP) is 2.44. The van der Waals surface area contributed by atoms with E-state index in [1.807, 2.05) is 30.3 Å². The van der Waals surface area contributed by atoms with E-state index in [0.717, 1.165) is 5.56 Å². The third-order valence-corrected chi connectivity index (χ3v) is 4.21. The van der Waals surface area contributed by atoms with Crippen LogP contribution in [-0.2, 0) is 6.61 Å². The number of fused-ring (bicyclic) bond motifs is 1. The predicted molar refractivity (Wildman–Crippen MR) is 108 cm³/mol. The Balaban J connectivity index is 1.45. The Bertz CT molecular complexity index is 1280. The number of carbonyl (C=O) groups excluding carboxylic acids is 1. The van der Waals surface area contributed by atoms with Crippen molar-refractivity contribution in [1.29, 1.82) is 0 Å². The van der Waals surface area contributed by atoms with Gasteiger partial charge in [0.05, 0.1) is 10.9 Å². The minimum absolute atomic E-state index is 0.121. The highest BCUT2D eigenvalue weighted by molar-refractivity contribution is 6.05. The lowest BCUT2D eigenvalue weighted by molar-refractivity contribution is 0.102. The topological polar surface area (TPSA) is 117 Å². The molecule has 1 amide bonds. The minimum Gasteiger partial charge on any atom is -0.489 e. The first-order chi connectivity index (χ1) is 14.1. The summed E-state index contributed by atoms with van der Waals surface area (Å²) in [5.41, 5.74) is 0.685. The van der Waals surface area contributed by atoms with Crippen LogP contribution in [0.25, 0.3) is 11.0 Å². The van der Waals surface area contributed by atoms with Crippen molar-refractivity contribution in [1.82, 2.24) is 15.0 Å². The van der Waals surface area contributed by atoms with Crippen molar-refractivity contribution in [3.63, 3.8) is 0 Å². The van der Waals surface area contributed by atoms with Gasteiger partial charge in [0.25, 0.3) is 11.5 Å². The Morgan fingerprint density at radius 1 is 1.00 bits per heavy atom. The minimum atomic E-state index is -0.651. The summed E-state index contributed by atoms with van der Waals surface area (Å²) in [6.45, 7) is 0.450. The summed E-state index contributed by atoms with van der Waals surface area (Å²) in [5, 5.41) is 2.86. The molecule has 2 aromatic heterocycles. The SMILES string of the molecule is O=C(Nc1ccc(OCc2ccccc2)cc1)c1cnc2[nH]c(=O)[nH]c(=O)c2c1. The number of carbonyl (C=O) groups is 1. The zero-order valence-corrected chi connectivity index (χ0v) is 15.1. The molecule has 0 spiro atoms. The van der Waals surface area contributed by atoms with Gasteiger partial charge in [-0.2, -0.15) is 0 Å². The molecule has 0 saturated heterocycles. The number of aromatic amines is 2. The molecule has 0 aliphatic carbocycles. The summed E-state index contributed by atoms with van der Waals surface area (Å²) in [6.07, 6.45) is 1.30. The molecule has 2 heterocycles. The summed E-state index contributed by atoms with van der Waals surface area (Å²) in [6, 6.07) is 18.1. The first kappa shape index (κ1) is 18.2. The fourth-order valence-corrected chi connectivity index (χ4v) is 2.75. The first-order valence-electron chi connectivity index (χ1n) is 8.79. The van der Waals surface area contributed by atoms with Gasteiger partial charge in [-0.3, -0.25) is 19.6 Å². The van der Waals surface area contributed by atoms with Crippen LogP contribution in [-0.4, -0.2) is 20.9 Å². The van der Waals surface area contributed by atoms with Gasteiger partial charge in [0.1, 0.15) is 18.0 Å². The standard InChI is InChI=1S/C21H16N4O4/c26-19(14-10-17-18(22-11-14)24-21(28)25-20(17)27)23-15-6-8-16(9-7-15)29-12-13-4-2-1-3-5-13/h1-11H,12H2,(H,23,26)(H2,22,24,25,27,28). The average molecular weight is 388 g/mol. The molecule has 3 N–H and O–H groups in total. The second-order valence-corrected chi connectivity index (χ2v) is 6.28. The third kappa shape index (κ3) is 4.22. The Morgan fingerprint density at radius 2 is 1.76 bits per heavy atom. The number of anilines is 1. The highest BCUT2D eigenvalue weighted by Gasteiger charge is 2.10. The number of hydrogen-bond donors (Lipinski definition) is 3. The molecule has 8 nitrogen and oxygen atoms in total. The van der Waals surface area contributed by atoms with Crippen molar-refractivity contribution in [3.05, 3.63) is 98.8 Å². The van der Waals surface area contributed by atoms with Crippen LogP contribution in [0.3, 0.4) is 0 Å². The van der Waals surface area contributed by atoms with E-state index in [4.69, 9.17) is 4.74 Å². The summed E-state index contributed by atoms with van der Waals surface area (Å²) in [7, 11) is 0. The summed E-state index contributed by atoms with van der Waals surface area (Å²) in [4.78, 5) is 44.1. The molecule has 0 bridgehead atoms. The smallest absolute Gasteiger partial charge is 0.327 e. The van der Waals surface area contributed by atoms with E-state index in [1.54, 1.807) is 24.3 Å². The van der Waals surface area contributed by atoms with Crippen molar-refractivity contribution in [2.75, 3.05) is 5.32 Å². The van der Waals surface area contributed by atoms with Crippen LogP contribution in [0.2, 0.25) is 0 Å². The van der Waals surface area contributed by atoms with E-state index in [-0.39, 0.29) is 16.6 Å². The number of benzene rings is 2. The number of pyridine rings is 1. The second kappa shape index (κ2) is 7.81. The lowest BCUT2D eigenvalue weighted by atomic mass is 10.2. The molecule has 0 saturated carbocycles. The molecule has 4 rings (SSSR count). The van der Waals surface area contributed by atoms with E-state index in [9.17, 15) is 14.4 Å². The fraction of sp³-hybridized carbons (Fsp3) is 0.0476. The van der Waals surface area contributed by atoms with Gasteiger partial charge in [0.2, 0.25) is 0 Å². The molecule has 144 valence electrons. The Kier molecular flexibility index (Phi) is 4.90. The first-order valence-corrected chi connectivity index (χ1v) is 8.79. The third-order valence-electron chi connectivity index (χ3n) is 4.21. The van der Waals surface area contributed by atoms with Gasteiger partial charge in [-0.25, -0.2) is 9.78 Å². The summed E-state index contributed by atoms with van der Waals surface area (Å²) < 4.78 is 5.72. The molecule has 8 heteroatoms. The Morgan fingerprint density at radius 3 is 2.52 bits per heavy atom. The maximum atomic E-state index is 12.5. The maximum absolute atomic E-state index is 12.5. The number of nitrogens with zero attached hydrogens (tertiary/aromatic N) is 1. The molecule has 0 unspecified atom stereocenters. The number of amides is 1. The molecule has 0 radical (unpaired) electrons. The van der Waals surface area contributed by atoms with Crippen LogP contribution in [0.4, 0.5) is 5.69 Å². The Labute approximate surface area is 164 Å². The molecule has 0 fully saturated rings. The van der Waals surface area contributed by atoms with Gasteiger partial charge in [0.15, 0.2) is 0 Å². The average Bonchev–Trinajstić information content (AvgIpc) is 2.73. The highest BCUT2D eigenvalue weighted by Crippen LogP contribution is 2.18. The number of nitrogens with one attached hydrogen (secondary N) is 3. The van der Waals surface area contributed by atoms with Gasteiger partial charge < -0.3 is 10.1 Å². The van der Waals surface area contributed by atoms with Gasteiger partial charge in [-0.15, -0.1) is 0 Å². The zero-order chi connectivity index (χ0) is 20.2. The van der Waals surface area contributed by atoms with Crippen LogP contribution in [0.15, 0.2) is 76.4 Å². The molecular weight excluding hydrogens is 372 g/mol. The van der Waals surface area contributed by atoms with Gasteiger partial charge in [-0.05, 0) is 35.9 Å². The number of aromatic nitrogens is 3. The Hall–Kier alpha value is -4.20. The number of hydrogen-bond acceptors (Lipinski definition) is 5. The van der Waals surface area contributed by atoms with E-state index >= 15 is 0 Å². The van der Waals surface area contributed by atoms with Gasteiger partial charge >= 0.3 is 5.69 Å². The normalized spacial score (nSPS) is 10.6. The molecule has 0 aliphatic heterocycles. The zero-order valence-electron chi connectivity index (χ0n) is 15.1. The van der Waals surface area contributed by atoms with Crippen LogP contribution in [0, 0.1) is 0 Å². The largest absolute Gasteiger partial charge is 0.489 e. The quantitative estimate of drug-likeness (QED) is 0.485. The highest BCUT2D eigenvalue weighted by atomic mass is 16.5. The lowest BCUT2D eigenvalue weighted by Gasteiger charge is -2.09. The lowest BCUT2D eigenvalue weighted by Crippen LogP contribution is -2.23. The van der Waals surface area contributed by atoms with Crippen LogP contribution in [0.1, 0.15) is 15.9 Å². The fourth-order valence-electron chi connectivity index (χ4n) is 2.75. The second-order valence-electron chi connectivity index (χ2n) is 6.28. The van der Waals surface area contributed by atoms with E-state index in [0.29, 0.717) is 18.0 Å².